The van der Waals surface area contributed by atoms with Crippen molar-refractivity contribution in [3.05, 3.63) is 35.0 Å². The molecule has 0 bridgehead atoms. The number of rotatable bonds is 4. The van der Waals surface area contributed by atoms with Crippen LogP contribution in [0.15, 0.2) is 21.6 Å². The van der Waals surface area contributed by atoms with E-state index in [0.717, 1.165) is 11.1 Å². The van der Waals surface area contributed by atoms with Crippen LogP contribution in [0.5, 0.6) is 0 Å². The van der Waals surface area contributed by atoms with Crippen molar-refractivity contribution in [2.24, 2.45) is 0 Å². The Kier molecular flexibility index (Phi) is 3.78. The van der Waals surface area contributed by atoms with Gasteiger partial charge < -0.3 is 10.3 Å². The van der Waals surface area contributed by atoms with Crippen molar-refractivity contribution in [3.8, 4) is 0 Å². The van der Waals surface area contributed by atoms with Gasteiger partial charge in [-0.15, -0.1) is 0 Å². The molecule has 0 atom stereocenters. The molecule has 0 aliphatic heterocycles. The number of benzene rings is 1. The summed E-state index contributed by atoms with van der Waals surface area (Å²) in [5.41, 5.74) is 7.93. The highest BCUT2D eigenvalue weighted by molar-refractivity contribution is 7.89. The lowest BCUT2D eigenvalue weighted by Crippen LogP contribution is -2.23. The van der Waals surface area contributed by atoms with Crippen molar-refractivity contribution in [1.29, 1.82) is 0 Å². The van der Waals surface area contributed by atoms with Crippen molar-refractivity contribution in [1.82, 2.24) is 14.9 Å². The summed E-state index contributed by atoms with van der Waals surface area (Å²) < 4.78 is 31.6. The molecule has 0 spiro atoms. The molecule has 108 valence electrons. The van der Waals surface area contributed by atoms with Gasteiger partial charge in [0.1, 0.15) is 0 Å². The zero-order chi connectivity index (χ0) is 14.9. The Balaban J connectivity index is 2.22. The third kappa shape index (κ3) is 2.97. The van der Waals surface area contributed by atoms with Crippen LogP contribution >= 0.6 is 0 Å². The smallest absolute Gasteiger partial charge is 0.241 e. The second kappa shape index (κ2) is 5.22. The quantitative estimate of drug-likeness (QED) is 0.816. The van der Waals surface area contributed by atoms with Gasteiger partial charge in [0, 0.05) is 5.69 Å². The topological polar surface area (TPSA) is 111 Å². The minimum atomic E-state index is -3.67. The number of nitrogens with two attached hydrogens (primary N) is 1. The summed E-state index contributed by atoms with van der Waals surface area (Å²) in [5, 5.41) is 3.59. The van der Waals surface area contributed by atoms with E-state index in [9.17, 15) is 8.42 Å². The second-order valence-corrected chi connectivity index (χ2v) is 6.28. The summed E-state index contributed by atoms with van der Waals surface area (Å²) in [6, 6.07) is 3.01. The molecule has 1 heterocycles. The molecule has 2 rings (SSSR count). The van der Waals surface area contributed by atoms with Gasteiger partial charge in [0.2, 0.25) is 15.9 Å². The number of aryl methyl sites for hydroxylation is 2. The fourth-order valence-electron chi connectivity index (χ4n) is 1.66. The van der Waals surface area contributed by atoms with Crippen LogP contribution in [0, 0.1) is 20.8 Å². The summed E-state index contributed by atoms with van der Waals surface area (Å²) in [4.78, 5) is 4.05. The van der Waals surface area contributed by atoms with E-state index in [1.165, 1.54) is 6.07 Å². The summed E-state index contributed by atoms with van der Waals surface area (Å²) in [5.74, 6) is 0.664. The number of hydrogen-bond donors (Lipinski definition) is 2. The third-order valence-corrected chi connectivity index (χ3v) is 4.36. The largest absolute Gasteiger partial charge is 0.398 e. The molecule has 2 aromatic rings. The van der Waals surface area contributed by atoms with Crippen LogP contribution in [0.2, 0.25) is 0 Å². The van der Waals surface area contributed by atoms with Crippen molar-refractivity contribution in [2.45, 2.75) is 32.2 Å². The highest BCUT2D eigenvalue weighted by Gasteiger charge is 2.17. The maximum absolute atomic E-state index is 12.2. The van der Waals surface area contributed by atoms with Crippen molar-refractivity contribution >= 4 is 15.7 Å². The van der Waals surface area contributed by atoms with E-state index >= 15 is 0 Å². The number of hydrogen-bond acceptors (Lipinski definition) is 6. The molecule has 0 saturated heterocycles. The second-order valence-electron chi connectivity index (χ2n) is 4.51. The van der Waals surface area contributed by atoms with E-state index in [4.69, 9.17) is 10.3 Å². The SMILES string of the molecule is Cc1noc(CNS(=O)(=O)c2cc(C)c(C)c(N)c2)n1. The minimum absolute atomic E-state index is 0.0595. The Morgan fingerprint density at radius 2 is 2.00 bits per heavy atom. The molecular weight excluding hydrogens is 280 g/mol. The van der Waals surface area contributed by atoms with Gasteiger partial charge in [0.15, 0.2) is 5.82 Å². The first-order valence-corrected chi connectivity index (χ1v) is 7.43. The molecule has 8 heteroatoms. The summed E-state index contributed by atoms with van der Waals surface area (Å²) in [6.07, 6.45) is 0. The molecule has 0 amide bonds. The van der Waals surface area contributed by atoms with Crippen molar-refractivity contribution in [3.63, 3.8) is 0 Å². The molecule has 0 saturated carbocycles. The Labute approximate surface area is 117 Å². The average Bonchev–Trinajstić information content (AvgIpc) is 2.79. The van der Waals surface area contributed by atoms with Gasteiger partial charge in [-0.25, -0.2) is 13.1 Å². The van der Waals surface area contributed by atoms with Crippen LogP contribution in [0.4, 0.5) is 5.69 Å². The van der Waals surface area contributed by atoms with Gasteiger partial charge in [0.25, 0.3) is 0 Å². The van der Waals surface area contributed by atoms with Crippen molar-refractivity contribution < 1.29 is 12.9 Å². The molecule has 1 aromatic heterocycles. The number of aromatic nitrogens is 2. The summed E-state index contributed by atoms with van der Waals surface area (Å²) in [7, 11) is -3.67. The first kappa shape index (κ1) is 14.5. The van der Waals surface area contributed by atoms with Gasteiger partial charge >= 0.3 is 0 Å². The highest BCUT2D eigenvalue weighted by atomic mass is 32.2. The number of nitrogens with one attached hydrogen (secondary N) is 1. The monoisotopic (exact) mass is 296 g/mol. The molecule has 0 aliphatic rings. The van der Waals surface area contributed by atoms with Crippen molar-refractivity contribution in [2.75, 3.05) is 5.73 Å². The number of nitrogen functional groups attached to an aromatic ring is 1. The van der Waals surface area contributed by atoms with Gasteiger partial charge in [-0.3, -0.25) is 0 Å². The Morgan fingerprint density at radius 3 is 2.55 bits per heavy atom. The number of sulfonamides is 1. The molecule has 0 radical (unpaired) electrons. The van der Waals surface area contributed by atoms with E-state index in [2.05, 4.69) is 14.9 Å². The molecule has 7 nitrogen and oxygen atoms in total. The Hall–Kier alpha value is -1.93. The van der Waals surface area contributed by atoms with Crippen LogP contribution in [0.1, 0.15) is 22.8 Å². The van der Waals surface area contributed by atoms with Crippen LogP contribution in [0.3, 0.4) is 0 Å². The third-order valence-electron chi connectivity index (χ3n) is 2.97. The predicted octanol–water partition coefficient (Wildman–Crippen LogP) is 1.06. The van der Waals surface area contributed by atoms with E-state index in [0.29, 0.717) is 11.5 Å². The fraction of sp³-hybridized carbons (Fsp3) is 0.333. The fourth-order valence-corrected chi connectivity index (χ4v) is 2.75. The van der Waals surface area contributed by atoms with E-state index in [1.54, 1.807) is 13.0 Å². The average molecular weight is 296 g/mol. The first-order valence-electron chi connectivity index (χ1n) is 5.95. The molecule has 3 N–H and O–H groups in total. The lowest BCUT2D eigenvalue weighted by Gasteiger charge is -2.09. The van der Waals surface area contributed by atoms with Crippen LogP contribution < -0.4 is 10.5 Å². The van der Waals surface area contributed by atoms with E-state index in [-0.39, 0.29) is 17.3 Å². The van der Waals surface area contributed by atoms with Gasteiger partial charge in [-0.05, 0) is 44.0 Å². The molecule has 0 unspecified atom stereocenters. The van der Waals surface area contributed by atoms with E-state index < -0.39 is 10.0 Å². The standard InChI is InChI=1S/C12H16N4O3S/c1-7-4-10(5-11(13)8(7)2)20(17,18)14-6-12-15-9(3)16-19-12/h4-5,14H,6,13H2,1-3H3. The normalized spacial score (nSPS) is 11.8. The summed E-state index contributed by atoms with van der Waals surface area (Å²) >= 11 is 0. The highest BCUT2D eigenvalue weighted by Crippen LogP contribution is 2.21. The molecule has 0 aliphatic carbocycles. The zero-order valence-corrected chi connectivity index (χ0v) is 12.3. The summed E-state index contributed by atoms with van der Waals surface area (Å²) in [6.45, 7) is 5.25. The van der Waals surface area contributed by atoms with Gasteiger partial charge in [-0.1, -0.05) is 5.16 Å². The van der Waals surface area contributed by atoms with Gasteiger partial charge in [-0.2, -0.15) is 4.98 Å². The van der Waals surface area contributed by atoms with Crippen LogP contribution in [0.25, 0.3) is 0 Å². The van der Waals surface area contributed by atoms with E-state index in [1.807, 2.05) is 13.8 Å². The molecular formula is C12H16N4O3S. The minimum Gasteiger partial charge on any atom is -0.398 e. The Bertz CT molecular complexity index is 714. The first-order chi connectivity index (χ1) is 9.29. The molecule has 1 aromatic carbocycles. The maximum Gasteiger partial charge on any atom is 0.241 e. The Morgan fingerprint density at radius 1 is 1.30 bits per heavy atom. The lowest BCUT2D eigenvalue weighted by molar-refractivity contribution is 0.372. The number of anilines is 1. The van der Waals surface area contributed by atoms with Gasteiger partial charge in [0.05, 0.1) is 11.4 Å². The molecule has 20 heavy (non-hydrogen) atoms. The lowest BCUT2D eigenvalue weighted by atomic mass is 10.1. The maximum atomic E-state index is 12.2. The van der Waals surface area contributed by atoms with Crippen LogP contribution in [-0.4, -0.2) is 18.6 Å². The molecule has 0 fully saturated rings. The van der Waals surface area contributed by atoms with Crippen LogP contribution in [-0.2, 0) is 16.6 Å². The number of nitrogens with zero attached hydrogens (tertiary/aromatic N) is 2. The zero-order valence-electron chi connectivity index (χ0n) is 11.5. The predicted molar refractivity (Wildman–Crippen MR) is 73.4 cm³/mol.